The van der Waals surface area contributed by atoms with Crippen molar-refractivity contribution in [1.82, 2.24) is 0 Å². The second-order valence-electron chi connectivity index (χ2n) is 2.10. The van der Waals surface area contributed by atoms with E-state index < -0.39 is 0 Å². The van der Waals surface area contributed by atoms with Crippen LogP contribution in [0.25, 0.3) is 0 Å². The lowest BCUT2D eigenvalue weighted by Gasteiger charge is -2.03. The van der Waals surface area contributed by atoms with E-state index in [0.29, 0.717) is 5.92 Å². The highest BCUT2D eigenvalue weighted by atomic mass is 14.5. The van der Waals surface area contributed by atoms with Crippen molar-refractivity contribution in [3.63, 3.8) is 0 Å². The molecule has 1 atom stereocenters. The Kier molecular flexibility index (Phi) is 5.01. The molecular formula is C6H15N2. The molecule has 2 heteroatoms. The molecule has 0 rings (SSSR count). The first-order valence-electron chi connectivity index (χ1n) is 3.06. The molecule has 1 radical (unpaired) electrons. The summed E-state index contributed by atoms with van der Waals surface area (Å²) in [5.74, 6) is 0.526. The van der Waals surface area contributed by atoms with Gasteiger partial charge in [-0.3, -0.25) is 0 Å². The summed E-state index contributed by atoms with van der Waals surface area (Å²) in [5, 5.41) is 0. The highest BCUT2D eigenvalue weighted by molar-refractivity contribution is 4.64. The van der Waals surface area contributed by atoms with Crippen molar-refractivity contribution in [3.05, 3.63) is 6.54 Å². The Morgan fingerprint density at radius 2 is 2.25 bits per heavy atom. The van der Waals surface area contributed by atoms with Gasteiger partial charge < -0.3 is 11.5 Å². The molecule has 0 saturated heterocycles. The minimum absolute atomic E-state index is 0.526. The van der Waals surface area contributed by atoms with Crippen LogP contribution in [-0.2, 0) is 0 Å². The highest BCUT2D eigenvalue weighted by Crippen LogP contribution is 2.03. The summed E-state index contributed by atoms with van der Waals surface area (Å²) >= 11 is 0. The van der Waals surface area contributed by atoms with E-state index in [-0.39, 0.29) is 0 Å². The van der Waals surface area contributed by atoms with Crippen molar-refractivity contribution in [1.29, 1.82) is 0 Å². The predicted octanol–water partition coefficient (Wildman–Crippen LogP) is 0.482. The van der Waals surface area contributed by atoms with Gasteiger partial charge in [0, 0.05) is 6.54 Å². The molecule has 0 aliphatic heterocycles. The second kappa shape index (κ2) is 5.06. The third-order valence-corrected chi connectivity index (χ3v) is 1.19. The van der Waals surface area contributed by atoms with E-state index in [0.717, 1.165) is 19.4 Å². The quantitative estimate of drug-likeness (QED) is 0.560. The van der Waals surface area contributed by atoms with Gasteiger partial charge in [-0.25, -0.2) is 0 Å². The number of hydrogen-bond donors (Lipinski definition) is 2. The Hall–Kier alpha value is -0.0800. The zero-order valence-corrected chi connectivity index (χ0v) is 5.43. The van der Waals surface area contributed by atoms with Crippen molar-refractivity contribution in [2.24, 2.45) is 17.4 Å². The van der Waals surface area contributed by atoms with Crippen molar-refractivity contribution in [2.45, 2.75) is 19.8 Å². The fraction of sp³-hybridized carbons (Fsp3) is 0.833. The summed E-state index contributed by atoms with van der Waals surface area (Å²) in [6.45, 7) is 4.59. The van der Waals surface area contributed by atoms with Crippen molar-refractivity contribution >= 4 is 0 Å². The van der Waals surface area contributed by atoms with Crippen LogP contribution in [0.1, 0.15) is 19.8 Å². The molecular weight excluding hydrogens is 100 g/mol. The molecule has 8 heavy (non-hydrogen) atoms. The van der Waals surface area contributed by atoms with Gasteiger partial charge in [0.25, 0.3) is 0 Å². The monoisotopic (exact) mass is 115 g/mol. The molecule has 1 unspecified atom stereocenters. The van der Waals surface area contributed by atoms with Gasteiger partial charge in [0.05, 0.1) is 0 Å². The Bertz CT molecular complexity index is 45.8. The third kappa shape index (κ3) is 4.09. The molecule has 0 heterocycles. The molecule has 49 valence electrons. The smallest absolute Gasteiger partial charge is 0.0220 e. The van der Waals surface area contributed by atoms with E-state index in [2.05, 4.69) is 6.92 Å². The maximum atomic E-state index is 5.28. The average molecular weight is 115 g/mol. The van der Waals surface area contributed by atoms with Crippen LogP contribution < -0.4 is 11.5 Å². The van der Waals surface area contributed by atoms with Crippen LogP contribution in [0.4, 0.5) is 0 Å². The zero-order chi connectivity index (χ0) is 6.41. The molecule has 0 aliphatic rings. The number of rotatable bonds is 4. The minimum atomic E-state index is 0.526. The maximum Gasteiger partial charge on any atom is 0.0220 e. The molecule has 2 nitrogen and oxygen atoms in total. The van der Waals surface area contributed by atoms with Gasteiger partial charge in [-0.15, -0.1) is 0 Å². The van der Waals surface area contributed by atoms with Gasteiger partial charge in [-0.05, 0) is 25.3 Å². The van der Waals surface area contributed by atoms with Gasteiger partial charge in [-0.2, -0.15) is 0 Å². The van der Waals surface area contributed by atoms with Crippen LogP contribution in [0.2, 0.25) is 0 Å². The van der Waals surface area contributed by atoms with E-state index in [1.807, 2.05) is 0 Å². The Morgan fingerprint density at radius 3 is 2.62 bits per heavy atom. The van der Waals surface area contributed by atoms with Crippen LogP contribution in [0.15, 0.2) is 0 Å². The van der Waals surface area contributed by atoms with Gasteiger partial charge in [0.1, 0.15) is 0 Å². The Morgan fingerprint density at radius 1 is 1.62 bits per heavy atom. The van der Waals surface area contributed by atoms with Crippen LogP contribution in [-0.4, -0.2) is 6.54 Å². The summed E-state index contributed by atoms with van der Waals surface area (Å²) in [6, 6.07) is 0. The van der Waals surface area contributed by atoms with Crippen LogP contribution >= 0.6 is 0 Å². The lowest BCUT2D eigenvalue weighted by atomic mass is 10.1. The number of nitrogens with two attached hydrogens (primary N) is 2. The minimum Gasteiger partial charge on any atom is -0.330 e. The highest BCUT2D eigenvalue weighted by Gasteiger charge is 1.95. The SMILES string of the molecule is CC([CH]N)CCCN. The van der Waals surface area contributed by atoms with E-state index in [1.165, 1.54) is 0 Å². The van der Waals surface area contributed by atoms with E-state index >= 15 is 0 Å². The second-order valence-corrected chi connectivity index (χ2v) is 2.10. The summed E-state index contributed by atoms with van der Waals surface area (Å²) in [6.07, 6.45) is 2.20. The topological polar surface area (TPSA) is 52.0 Å². The molecule has 0 fully saturated rings. The van der Waals surface area contributed by atoms with Crippen LogP contribution in [0, 0.1) is 12.5 Å². The molecule has 0 amide bonds. The van der Waals surface area contributed by atoms with Gasteiger partial charge in [0.2, 0.25) is 0 Å². The summed E-state index contributed by atoms with van der Waals surface area (Å²) in [5.41, 5.74) is 10.5. The fourth-order valence-electron chi connectivity index (χ4n) is 0.536. The van der Waals surface area contributed by atoms with E-state index in [1.54, 1.807) is 6.54 Å². The standard InChI is InChI=1S/C6H15N2/c1-6(5-8)3-2-4-7/h5-6H,2-4,7-8H2,1H3. The Balaban J connectivity index is 2.86. The van der Waals surface area contributed by atoms with Crippen molar-refractivity contribution in [3.8, 4) is 0 Å². The van der Waals surface area contributed by atoms with Crippen LogP contribution in [0.5, 0.6) is 0 Å². The van der Waals surface area contributed by atoms with Crippen LogP contribution in [0.3, 0.4) is 0 Å². The average Bonchev–Trinajstić information content (AvgIpc) is 1.83. The normalized spacial score (nSPS) is 13.9. The van der Waals surface area contributed by atoms with Gasteiger partial charge in [0.15, 0.2) is 0 Å². The summed E-state index contributed by atoms with van der Waals surface area (Å²) in [7, 11) is 0. The first-order chi connectivity index (χ1) is 3.81. The first kappa shape index (κ1) is 7.92. The molecule has 4 N–H and O–H groups in total. The molecule has 0 bridgehead atoms. The largest absolute Gasteiger partial charge is 0.330 e. The molecule has 0 aromatic heterocycles. The van der Waals surface area contributed by atoms with E-state index in [4.69, 9.17) is 11.5 Å². The lowest BCUT2D eigenvalue weighted by Crippen LogP contribution is -2.06. The molecule has 0 aliphatic carbocycles. The molecule has 0 aromatic rings. The van der Waals surface area contributed by atoms with Crippen molar-refractivity contribution < 1.29 is 0 Å². The van der Waals surface area contributed by atoms with Gasteiger partial charge >= 0.3 is 0 Å². The zero-order valence-electron chi connectivity index (χ0n) is 5.43. The predicted molar refractivity (Wildman–Crippen MR) is 35.9 cm³/mol. The molecule has 0 aromatic carbocycles. The maximum absolute atomic E-state index is 5.28. The molecule has 0 spiro atoms. The van der Waals surface area contributed by atoms with E-state index in [9.17, 15) is 0 Å². The van der Waals surface area contributed by atoms with Crippen molar-refractivity contribution in [2.75, 3.05) is 6.54 Å². The molecule has 0 saturated carbocycles. The Labute approximate surface area is 51.2 Å². The lowest BCUT2D eigenvalue weighted by molar-refractivity contribution is 0.574. The first-order valence-corrected chi connectivity index (χ1v) is 3.06. The fourth-order valence-corrected chi connectivity index (χ4v) is 0.536. The summed E-state index contributed by atoms with van der Waals surface area (Å²) < 4.78 is 0. The van der Waals surface area contributed by atoms with Gasteiger partial charge in [-0.1, -0.05) is 6.92 Å². The summed E-state index contributed by atoms with van der Waals surface area (Å²) in [4.78, 5) is 0. The number of hydrogen-bond acceptors (Lipinski definition) is 2. The third-order valence-electron chi connectivity index (χ3n) is 1.19.